The van der Waals surface area contributed by atoms with E-state index < -0.39 is 11.7 Å². The van der Waals surface area contributed by atoms with Crippen LogP contribution in [0.3, 0.4) is 0 Å². The summed E-state index contributed by atoms with van der Waals surface area (Å²) in [6.45, 7) is 10.2. The van der Waals surface area contributed by atoms with E-state index in [1.54, 1.807) is 0 Å². The Kier molecular flexibility index (Phi) is 9.76. The van der Waals surface area contributed by atoms with Gasteiger partial charge >= 0.3 is 6.09 Å². The molecule has 1 amide bonds. The van der Waals surface area contributed by atoms with Gasteiger partial charge in [-0.1, -0.05) is 44.0 Å². The molecule has 0 aromatic heterocycles. The van der Waals surface area contributed by atoms with E-state index >= 15 is 0 Å². The molecule has 0 aliphatic carbocycles. The van der Waals surface area contributed by atoms with Crippen LogP contribution in [-0.2, 0) is 17.7 Å². The molecule has 0 saturated heterocycles. The Hall–Kier alpha value is -1.99. The predicted molar refractivity (Wildman–Crippen MR) is 94.1 cm³/mol. The van der Waals surface area contributed by atoms with Crippen LogP contribution in [-0.4, -0.2) is 34.9 Å². The lowest BCUT2D eigenvalue weighted by Gasteiger charge is -2.26. The molecule has 23 heavy (non-hydrogen) atoms. The summed E-state index contributed by atoms with van der Waals surface area (Å²) in [6.07, 6.45) is 5.53. The average molecular weight is 319 g/mol. The topological polar surface area (TPSA) is 49.8 Å². The molecule has 4 nitrogen and oxygen atoms in total. The Bertz CT molecular complexity index is 495. The van der Waals surface area contributed by atoms with Crippen molar-refractivity contribution < 1.29 is 14.6 Å². The van der Waals surface area contributed by atoms with Crippen LogP contribution in [0.2, 0.25) is 0 Å². The highest BCUT2D eigenvalue weighted by atomic mass is 16.6. The second-order valence-electron chi connectivity index (χ2n) is 5.83. The molecule has 0 unspecified atom stereocenters. The zero-order valence-corrected chi connectivity index (χ0v) is 14.9. The Morgan fingerprint density at radius 2 is 1.74 bits per heavy atom. The maximum absolute atomic E-state index is 12.1. The normalized spacial score (nSPS) is 10.1. The van der Waals surface area contributed by atoms with Gasteiger partial charge in [0.05, 0.1) is 6.54 Å². The van der Waals surface area contributed by atoms with E-state index in [4.69, 9.17) is 16.3 Å². The average Bonchev–Trinajstić information content (AvgIpc) is 2.49. The minimum Gasteiger partial charge on any atom is -0.444 e. The number of aliphatic hydroxyl groups excluding tert-OH is 1. The number of hydrogen-bond donors (Lipinski definition) is 1. The number of hydrogen-bond acceptors (Lipinski definition) is 3. The molecule has 1 rings (SSSR count). The highest BCUT2D eigenvalue weighted by Gasteiger charge is 2.21. The summed E-state index contributed by atoms with van der Waals surface area (Å²) in [5.41, 5.74) is 1.48. The number of terminal acetylenes is 1. The summed E-state index contributed by atoms with van der Waals surface area (Å²) in [6, 6.07) is 7.74. The van der Waals surface area contributed by atoms with Crippen LogP contribution in [0, 0.1) is 12.3 Å². The van der Waals surface area contributed by atoms with Crippen LogP contribution in [0.5, 0.6) is 0 Å². The van der Waals surface area contributed by atoms with E-state index in [-0.39, 0.29) is 13.2 Å². The number of nitrogens with zero attached hydrogens (tertiary/aromatic N) is 1. The highest BCUT2D eigenvalue weighted by Crippen LogP contribution is 2.13. The van der Waals surface area contributed by atoms with Gasteiger partial charge in [-0.2, -0.15) is 0 Å². The zero-order valence-electron chi connectivity index (χ0n) is 14.9. The standard InChI is InChI=1S/C17H23NO3.C2H6/c1-5-11-18(16(20)21-17(2,3)4)13-15-8-6-14(7-9-15)10-12-19;1-2/h1,6-9,19H,10-13H2,2-4H3;1-2H3. The van der Waals surface area contributed by atoms with Crippen molar-refractivity contribution in [1.82, 2.24) is 4.90 Å². The lowest BCUT2D eigenvalue weighted by atomic mass is 10.1. The maximum Gasteiger partial charge on any atom is 0.411 e. The fourth-order valence-electron chi connectivity index (χ4n) is 1.78. The maximum atomic E-state index is 12.1. The van der Waals surface area contributed by atoms with Crippen molar-refractivity contribution in [3.8, 4) is 12.3 Å². The van der Waals surface area contributed by atoms with E-state index in [1.807, 2.05) is 58.9 Å². The number of rotatable bonds is 5. The van der Waals surface area contributed by atoms with Crippen molar-refractivity contribution in [2.75, 3.05) is 13.2 Å². The summed E-state index contributed by atoms with van der Waals surface area (Å²) in [5, 5.41) is 8.89. The molecule has 0 aliphatic heterocycles. The number of carbonyl (C=O) groups excluding carboxylic acids is 1. The molecular weight excluding hydrogens is 290 g/mol. The molecule has 0 atom stereocenters. The number of ether oxygens (including phenoxy) is 1. The highest BCUT2D eigenvalue weighted by molar-refractivity contribution is 5.68. The van der Waals surface area contributed by atoms with Crippen molar-refractivity contribution in [3.63, 3.8) is 0 Å². The molecule has 0 radical (unpaired) electrons. The third-order valence-electron chi connectivity index (χ3n) is 2.73. The van der Waals surface area contributed by atoms with Crippen LogP contribution in [0.15, 0.2) is 24.3 Å². The molecule has 1 N–H and O–H groups in total. The Labute approximate surface area is 140 Å². The molecule has 0 bridgehead atoms. The molecule has 0 saturated carbocycles. The lowest BCUT2D eigenvalue weighted by molar-refractivity contribution is 0.0260. The van der Waals surface area contributed by atoms with Gasteiger partial charge in [-0.15, -0.1) is 6.42 Å². The van der Waals surface area contributed by atoms with Gasteiger partial charge in [0.15, 0.2) is 0 Å². The van der Waals surface area contributed by atoms with E-state index in [0.717, 1.165) is 11.1 Å². The smallest absolute Gasteiger partial charge is 0.411 e. The first-order valence-corrected chi connectivity index (χ1v) is 7.96. The Balaban J connectivity index is 0.00000232. The third-order valence-corrected chi connectivity index (χ3v) is 2.73. The molecule has 0 heterocycles. The van der Waals surface area contributed by atoms with E-state index in [0.29, 0.717) is 13.0 Å². The van der Waals surface area contributed by atoms with E-state index in [2.05, 4.69) is 5.92 Å². The summed E-state index contributed by atoms with van der Waals surface area (Å²) in [4.78, 5) is 13.6. The number of aliphatic hydroxyl groups is 1. The monoisotopic (exact) mass is 319 g/mol. The number of amides is 1. The van der Waals surface area contributed by atoms with Crippen molar-refractivity contribution in [3.05, 3.63) is 35.4 Å². The van der Waals surface area contributed by atoms with Gasteiger partial charge in [-0.3, -0.25) is 4.90 Å². The Morgan fingerprint density at radius 3 is 2.17 bits per heavy atom. The molecule has 0 spiro atoms. The predicted octanol–water partition coefficient (Wildman–Crippen LogP) is 3.62. The van der Waals surface area contributed by atoms with Gasteiger partial charge in [0.1, 0.15) is 5.60 Å². The third kappa shape index (κ3) is 8.90. The number of benzene rings is 1. The molecule has 0 aliphatic rings. The molecular formula is C19H29NO3. The minimum absolute atomic E-state index is 0.125. The van der Waals surface area contributed by atoms with Crippen LogP contribution in [0.4, 0.5) is 4.79 Å². The fourth-order valence-corrected chi connectivity index (χ4v) is 1.78. The lowest BCUT2D eigenvalue weighted by Crippen LogP contribution is -2.36. The summed E-state index contributed by atoms with van der Waals surface area (Å²) in [5.74, 6) is 2.48. The molecule has 1 aromatic rings. The first kappa shape index (κ1) is 21.0. The van der Waals surface area contributed by atoms with E-state index in [1.165, 1.54) is 4.90 Å². The zero-order chi connectivity index (χ0) is 17.9. The summed E-state index contributed by atoms with van der Waals surface area (Å²) in [7, 11) is 0. The van der Waals surface area contributed by atoms with Gasteiger partial charge in [0.2, 0.25) is 0 Å². The van der Waals surface area contributed by atoms with Crippen LogP contribution in [0.25, 0.3) is 0 Å². The Morgan fingerprint density at radius 1 is 1.22 bits per heavy atom. The van der Waals surface area contributed by atoms with Gasteiger partial charge < -0.3 is 9.84 Å². The minimum atomic E-state index is -0.547. The van der Waals surface area contributed by atoms with E-state index in [9.17, 15) is 4.79 Å². The van der Waals surface area contributed by atoms with Gasteiger partial charge in [-0.05, 0) is 38.3 Å². The van der Waals surface area contributed by atoms with Crippen LogP contribution < -0.4 is 0 Å². The first-order valence-electron chi connectivity index (χ1n) is 7.96. The van der Waals surface area contributed by atoms with Crippen LogP contribution >= 0.6 is 0 Å². The largest absolute Gasteiger partial charge is 0.444 e. The van der Waals surface area contributed by atoms with Crippen LogP contribution in [0.1, 0.15) is 45.7 Å². The molecule has 128 valence electrons. The van der Waals surface area contributed by atoms with Gasteiger partial charge in [0, 0.05) is 13.2 Å². The molecule has 1 aromatic carbocycles. The summed E-state index contributed by atoms with van der Waals surface area (Å²) >= 11 is 0. The molecule has 4 heteroatoms. The van der Waals surface area contributed by atoms with Gasteiger partial charge in [0.25, 0.3) is 0 Å². The molecule has 0 fully saturated rings. The van der Waals surface area contributed by atoms with Crippen molar-refractivity contribution >= 4 is 6.09 Å². The summed E-state index contributed by atoms with van der Waals surface area (Å²) < 4.78 is 5.35. The number of carbonyl (C=O) groups is 1. The SMILES string of the molecule is C#CCN(Cc1ccc(CCO)cc1)C(=O)OC(C)(C)C.CC. The second-order valence-corrected chi connectivity index (χ2v) is 5.83. The fraction of sp³-hybridized carbons (Fsp3) is 0.526. The van der Waals surface area contributed by atoms with Crippen molar-refractivity contribution in [1.29, 1.82) is 0 Å². The first-order chi connectivity index (χ1) is 10.9. The quantitative estimate of drug-likeness (QED) is 0.843. The van der Waals surface area contributed by atoms with Crippen molar-refractivity contribution in [2.45, 2.75) is 53.2 Å². The second kappa shape index (κ2) is 10.7. The van der Waals surface area contributed by atoms with Gasteiger partial charge in [-0.25, -0.2) is 4.79 Å². The van der Waals surface area contributed by atoms with Crippen molar-refractivity contribution in [2.24, 2.45) is 0 Å².